The van der Waals surface area contributed by atoms with Gasteiger partial charge in [-0.15, -0.1) is 0 Å². The molecule has 0 radical (unpaired) electrons. The summed E-state index contributed by atoms with van der Waals surface area (Å²) in [6.45, 7) is 18.9. The molecule has 0 amide bonds. The molecule has 0 spiro atoms. The van der Waals surface area contributed by atoms with Crippen molar-refractivity contribution in [1.29, 1.82) is 0 Å². The molecule has 0 aliphatic rings. The molecular formula is C26H44O4Si. The maximum absolute atomic E-state index is 12.2. The highest BCUT2D eigenvalue weighted by molar-refractivity contribution is 6.74. The van der Waals surface area contributed by atoms with E-state index in [9.17, 15) is 4.79 Å². The molecule has 0 fully saturated rings. The van der Waals surface area contributed by atoms with Gasteiger partial charge in [0.05, 0.1) is 26.4 Å². The van der Waals surface area contributed by atoms with E-state index < -0.39 is 8.32 Å². The molecule has 0 heterocycles. The van der Waals surface area contributed by atoms with Crippen molar-refractivity contribution in [2.45, 2.75) is 85.2 Å². The Balaban J connectivity index is 3.10. The van der Waals surface area contributed by atoms with Crippen LogP contribution in [0.2, 0.25) is 18.1 Å². The van der Waals surface area contributed by atoms with Crippen molar-refractivity contribution in [1.82, 2.24) is 0 Å². The van der Waals surface area contributed by atoms with Gasteiger partial charge in [-0.1, -0.05) is 78.0 Å². The minimum atomic E-state index is -2.01. The molecule has 0 N–H and O–H groups in total. The molecule has 0 aromatic heterocycles. The molecular weight excluding hydrogens is 404 g/mol. The lowest BCUT2D eigenvalue weighted by Crippen LogP contribution is -2.48. The van der Waals surface area contributed by atoms with E-state index in [1.54, 1.807) is 0 Å². The first-order valence-electron chi connectivity index (χ1n) is 11.5. The normalized spacial score (nSPS) is 16.0. The van der Waals surface area contributed by atoms with Crippen LogP contribution < -0.4 is 0 Å². The van der Waals surface area contributed by atoms with Crippen LogP contribution in [-0.2, 0) is 25.3 Å². The zero-order valence-electron chi connectivity index (χ0n) is 21.2. The number of hydrogen-bond donors (Lipinski definition) is 0. The molecule has 0 bridgehead atoms. The Bertz CT molecular complexity index is 691. The van der Waals surface area contributed by atoms with Crippen molar-refractivity contribution in [3.8, 4) is 0 Å². The summed E-state index contributed by atoms with van der Waals surface area (Å²) in [7, 11) is -0.570. The SMILES string of the molecule is CC/C(=C\[C@@H](CC)[C@H](O[Si](C)(C)C(C)(C)C)[C@H](C)COCc1ccccc1)C(=O)OC. The van der Waals surface area contributed by atoms with Crippen LogP contribution in [0.25, 0.3) is 0 Å². The zero-order valence-corrected chi connectivity index (χ0v) is 22.2. The van der Waals surface area contributed by atoms with E-state index in [1.165, 1.54) is 12.7 Å². The Morgan fingerprint density at radius 3 is 2.23 bits per heavy atom. The van der Waals surface area contributed by atoms with Crippen molar-refractivity contribution < 1.29 is 18.7 Å². The van der Waals surface area contributed by atoms with Crippen molar-refractivity contribution in [3.05, 3.63) is 47.5 Å². The van der Waals surface area contributed by atoms with Crippen molar-refractivity contribution >= 4 is 14.3 Å². The highest BCUT2D eigenvalue weighted by Gasteiger charge is 2.41. The summed E-state index contributed by atoms with van der Waals surface area (Å²) in [4.78, 5) is 12.2. The summed E-state index contributed by atoms with van der Waals surface area (Å²) in [6, 6.07) is 10.2. The number of carbonyl (C=O) groups is 1. The van der Waals surface area contributed by atoms with E-state index in [0.717, 1.165) is 12.0 Å². The van der Waals surface area contributed by atoms with Crippen LogP contribution in [0.1, 0.15) is 59.9 Å². The highest BCUT2D eigenvalue weighted by atomic mass is 28.4. The molecule has 1 aromatic rings. The predicted molar refractivity (Wildman–Crippen MR) is 132 cm³/mol. The molecule has 0 aliphatic heterocycles. The smallest absolute Gasteiger partial charge is 0.333 e. The number of methoxy groups -OCH3 is 1. The lowest BCUT2D eigenvalue weighted by atomic mass is 9.88. The molecule has 0 unspecified atom stereocenters. The highest BCUT2D eigenvalue weighted by Crippen LogP contribution is 2.40. The molecule has 31 heavy (non-hydrogen) atoms. The first-order valence-corrected chi connectivity index (χ1v) is 14.5. The molecule has 4 nitrogen and oxygen atoms in total. The Morgan fingerprint density at radius 2 is 1.74 bits per heavy atom. The number of carbonyl (C=O) groups excluding carboxylic acids is 1. The Labute approximate surface area is 191 Å². The van der Waals surface area contributed by atoms with Gasteiger partial charge in [0, 0.05) is 17.4 Å². The van der Waals surface area contributed by atoms with E-state index in [4.69, 9.17) is 13.9 Å². The van der Waals surface area contributed by atoms with Gasteiger partial charge in [-0.2, -0.15) is 0 Å². The van der Waals surface area contributed by atoms with Crippen molar-refractivity contribution in [2.75, 3.05) is 13.7 Å². The number of rotatable bonds is 12. The van der Waals surface area contributed by atoms with Crippen molar-refractivity contribution in [3.63, 3.8) is 0 Å². The maximum atomic E-state index is 12.2. The fourth-order valence-corrected chi connectivity index (χ4v) is 4.78. The number of esters is 1. The molecule has 5 heteroatoms. The van der Waals surface area contributed by atoms with Gasteiger partial charge < -0.3 is 13.9 Å². The van der Waals surface area contributed by atoms with E-state index in [1.807, 2.05) is 25.1 Å². The second-order valence-electron chi connectivity index (χ2n) is 9.93. The fraction of sp³-hybridized carbons (Fsp3) is 0.654. The standard InChI is InChI=1S/C26H44O4Si/c1-10-22(17-23(11-2)25(27)28-7)24(30-31(8,9)26(4,5)6)20(3)18-29-19-21-15-13-12-14-16-21/h12-17,20,22,24H,10-11,18-19H2,1-9H3/b23-17+/t20-,22-,24-/m1/s1. The van der Waals surface area contributed by atoms with Crippen LogP contribution in [0.5, 0.6) is 0 Å². The first kappa shape index (κ1) is 27.6. The summed E-state index contributed by atoms with van der Waals surface area (Å²) in [5, 5.41) is 0.105. The van der Waals surface area contributed by atoms with Gasteiger partial charge in [0.2, 0.25) is 0 Å². The number of ether oxygens (including phenoxy) is 2. The van der Waals surface area contributed by atoms with Gasteiger partial charge in [-0.05, 0) is 36.5 Å². The first-order chi connectivity index (χ1) is 14.5. The quantitative estimate of drug-likeness (QED) is 0.201. The molecule has 1 rings (SSSR count). The van der Waals surface area contributed by atoms with Gasteiger partial charge >= 0.3 is 5.97 Å². The summed E-state index contributed by atoms with van der Waals surface area (Å²) < 4.78 is 18.0. The summed E-state index contributed by atoms with van der Waals surface area (Å²) in [6.07, 6.45) is 3.60. The molecule has 0 aliphatic carbocycles. The summed E-state index contributed by atoms with van der Waals surface area (Å²) in [5.74, 6) is 0.0632. The maximum Gasteiger partial charge on any atom is 0.333 e. The topological polar surface area (TPSA) is 44.8 Å². The Morgan fingerprint density at radius 1 is 1.13 bits per heavy atom. The van der Waals surface area contributed by atoms with Crippen LogP contribution in [0.4, 0.5) is 0 Å². The second kappa shape index (κ2) is 12.6. The zero-order chi connectivity index (χ0) is 23.7. The van der Waals surface area contributed by atoms with E-state index in [2.05, 4.69) is 65.9 Å². The van der Waals surface area contributed by atoms with E-state index >= 15 is 0 Å². The van der Waals surface area contributed by atoms with Crippen molar-refractivity contribution in [2.24, 2.45) is 11.8 Å². The van der Waals surface area contributed by atoms with Gasteiger partial charge in [-0.3, -0.25) is 0 Å². The van der Waals surface area contributed by atoms with E-state index in [0.29, 0.717) is 19.6 Å². The third-order valence-corrected chi connectivity index (χ3v) is 10.9. The Hall–Kier alpha value is -1.43. The minimum absolute atomic E-state index is 0.0205. The largest absolute Gasteiger partial charge is 0.466 e. The number of hydrogen-bond acceptors (Lipinski definition) is 4. The lowest BCUT2D eigenvalue weighted by Gasteiger charge is -2.43. The second-order valence-corrected chi connectivity index (χ2v) is 14.7. The Kier molecular flexibility index (Phi) is 11.2. The van der Waals surface area contributed by atoms with Gasteiger partial charge in [-0.25, -0.2) is 4.79 Å². The predicted octanol–water partition coefficient (Wildman–Crippen LogP) is 6.77. The fourth-order valence-electron chi connectivity index (χ4n) is 3.34. The monoisotopic (exact) mass is 448 g/mol. The van der Waals surface area contributed by atoms with Crippen LogP contribution >= 0.6 is 0 Å². The van der Waals surface area contributed by atoms with Crippen LogP contribution in [0.15, 0.2) is 42.0 Å². The summed E-state index contributed by atoms with van der Waals surface area (Å²) in [5.41, 5.74) is 1.89. The summed E-state index contributed by atoms with van der Waals surface area (Å²) >= 11 is 0. The van der Waals surface area contributed by atoms with Crippen LogP contribution in [-0.4, -0.2) is 34.1 Å². The van der Waals surface area contributed by atoms with Gasteiger partial charge in [0.1, 0.15) is 0 Å². The lowest BCUT2D eigenvalue weighted by molar-refractivity contribution is -0.136. The minimum Gasteiger partial charge on any atom is -0.466 e. The van der Waals surface area contributed by atoms with Gasteiger partial charge in [0.25, 0.3) is 0 Å². The average Bonchev–Trinajstić information content (AvgIpc) is 2.72. The van der Waals surface area contributed by atoms with Crippen LogP contribution in [0.3, 0.4) is 0 Å². The molecule has 3 atom stereocenters. The number of benzene rings is 1. The third-order valence-electron chi connectivity index (χ3n) is 6.43. The average molecular weight is 449 g/mol. The molecule has 1 aromatic carbocycles. The molecule has 0 saturated heterocycles. The molecule has 176 valence electrons. The van der Waals surface area contributed by atoms with Crippen LogP contribution in [0, 0.1) is 11.8 Å². The third kappa shape index (κ3) is 8.55. The van der Waals surface area contributed by atoms with E-state index in [-0.39, 0.29) is 28.9 Å². The van der Waals surface area contributed by atoms with Gasteiger partial charge in [0.15, 0.2) is 8.32 Å². The molecule has 0 saturated carbocycles.